The van der Waals surface area contributed by atoms with Crippen molar-refractivity contribution in [1.82, 2.24) is 4.90 Å². The summed E-state index contributed by atoms with van der Waals surface area (Å²) in [5, 5.41) is 11.8. The lowest BCUT2D eigenvalue weighted by molar-refractivity contribution is 0.208. The molecule has 0 atom stereocenters. The fraction of sp³-hybridized carbons (Fsp3) is 0.364. The molecule has 5 heteroatoms. The first-order chi connectivity index (χ1) is 13.2. The van der Waals surface area contributed by atoms with E-state index >= 15 is 0 Å². The number of carbonyl (C=O) groups is 1. The van der Waals surface area contributed by atoms with Crippen molar-refractivity contribution < 1.29 is 4.79 Å². The van der Waals surface area contributed by atoms with Gasteiger partial charge in [-0.3, -0.25) is 0 Å². The summed E-state index contributed by atoms with van der Waals surface area (Å²) in [6, 6.07) is 15.5. The molecular weight excluding hydrogens is 336 g/mol. The van der Waals surface area contributed by atoms with Crippen molar-refractivity contribution in [3.63, 3.8) is 0 Å². The van der Waals surface area contributed by atoms with Crippen LogP contribution < -0.4 is 10.2 Å². The second kappa shape index (κ2) is 8.59. The van der Waals surface area contributed by atoms with Crippen molar-refractivity contribution >= 4 is 17.4 Å². The lowest BCUT2D eigenvalue weighted by atomic mass is 10.0. The first-order valence-electron chi connectivity index (χ1n) is 9.58. The molecule has 5 nitrogen and oxygen atoms in total. The molecule has 1 aliphatic heterocycles. The quantitative estimate of drug-likeness (QED) is 0.893. The average Bonchev–Trinajstić information content (AvgIpc) is 2.73. The summed E-state index contributed by atoms with van der Waals surface area (Å²) in [7, 11) is 0. The molecule has 1 aliphatic rings. The van der Waals surface area contributed by atoms with Crippen LogP contribution >= 0.6 is 0 Å². The summed E-state index contributed by atoms with van der Waals surface area (Å²) >= 11 is 0. The van der Waals surface area contributed by atoms with E-state index in [0.717, 1.165) is 25.9 Å². The van der Waals surface area contributed by atoms with Crippen molar-refractivity contribution in [3.8, 4) is 6.07 Å². The zero-order chi connectivity index (χ0) is 19.2. The van der Waals surface area contributed by atoms with Gasteiger partial charge in [0.15, 0.2) is 0 Å². The Morgan fingerprint density at radius 2 is 1.59 bits per heavy atom. The number of hydrogen-bond donors (Lipinski definition) is 1. The number of benzene rings is 2. The number of rotatable bonds is 4. The normalized spacial score (nSPS) is 14.0. The van der Waals surface area contributed by atoms with Gasteiger partial charge in [0, 0.05) is 37.6 Å². The number of anilines is 2. The number of amides is 2. The summed E-state index contributed by atoms with van der Waals surface area (Å²) in [6.07, 6.45) is 2.03. The average molecular weight is 362 g/mol. The Bertz CT molecular complexity index is 808. The molecule has 1 heterocycles. The number of nitrogens with one attached hydrogen (secondary N) is 1. The molecule has 140 valence electrons. The second-order valence-electron chi connectivity index (χ2n) is 6.73. The van der Waals surface area contributed by atoms with Crippen molar-refractivity contribution in [2.45, 2.75) is 26.7 Å². The number of para-hydroxylation sites is 1. The molecule has 0 bridgehead atoms. The molecule has 2 aromatic rings. The Morgan fingerprint density at radius 3 is 2.11 bits per heavy atom. The highest BCUT2D eigenvalue weighted by molar-refractivity contribution is 5.89. The fourth-order valence-electron chi connectivity index (χ4n) is 3.59. The Morgan fingerprint density at radius 1 is 1.00 bits per heavy atom. The molecule has 2 amide bonds. The van der Waals surface area contributed by atoms with Gasteiger partial charge in [-0.15, -0.1) is 0 Å². The largest absolute Gasteiger partial charge is 0.368 e. The fourth-order valence-corrected chi connectivity index (χ4v) is 3.59. The van der Waals surface area contributed by atoms with E-state index < -0.39 is 0 Å². The van der Waals surface area contributed by atoms with Gasteiger partial charge in [-0.05, 0) is 48.2 Å². The topological polar surface area (TPSA) is 59.4 Å². The maximum absolute atomic E-state index is 12.5. The summed E-state index contributed by atoms with van der Waals surface area (Å²) in [5.41, 5.74) is 5.42. The van der Waals surface area contributed by atoms with Crippen molar-refractivity contribution in [3.05, 3.63) is 59.2 Å². The number of nitriles is 1. The van der Waals surface area contributed by atoms with E-state index in [1.165, 1.54) is 16.8 Å². The van der Waals surface area contributed by atoms with Crippen LogP contribution in [-0.2, 0) is 12.8 Å². The van der Waals surface area contributed by atoms with Gasteiger partial charge < -0.3 is 15.1 Å². The predicted molar refractivity (Wildman–Crippen MR) is 109 cm³/mol. The van der Waals surface area contributed by atoms with E-state index in [0.29, 0.717) is 24.3 Å². The second-order valence-corrected chi connectivity index (χ2v) is 6.73. The summed E-state index contributed by atoms with van der Waals surface area (Å²) < 4.78 is 0. The third-order valence-corrected chi connectivity index (χ3v) is 5.11. The van der Waals surface area contributed by atoms with E-state index in [9.17, 15) is 4.79 Å². The molecule has 2 aromatic carbocycles. The molecule has 3 rings (SSSR count). The van der Waals surface area contributed by atoms with Gasteiger partial charge >= 0.3 is 6.03 Å². The molecule has 1 fully saturated rings. The zero-order valence-electron chi connectivity index (χ0n) is 16.0. The molecule has 27 heavy (non-hydrogen) atoms. The van der Waals surface area contributed by atoms with Crippen LogP contribution in [0, 0.1) is 11.3 Å². The summed E-state index contributed by atoms with van der Waals surface area (Å²) in [4.78, 5) is 16.8. The molecule has 0 aromatic heterocycles. The van der Waals surface area contributed by atoms with Gasteiger partial charge in [0.05, 0.1) is 11.6 Å². The molecule has 0 radical (unpaired) electrons. The number of nitrogens with zero attached hydrogens (tertiary/aromatic N) is 3. The van der Waals surface area contributed by atoms with E-state index in [1.807, 2.05) is 4.90 Å². The number of urea groups is 1. The number of hydrogen-bond acceptors (Lipinski definition) is 3. The molecule has 0 spiro atoms. The Hall–Kier alpha value is -3.00. The van der Waals surface area contributed by atoms with Crippen LogP contribution in [0.3, 0.4) is 0 Å². The first kappa shape index (κ1) is 18.8. The molecule has 0 saturated carbocycles. The Kier molecular flexibility index (Phi) is 5.97. The van der Waals surface area contributed by atoms with Crippen LogP contribution in [0.25, 0.3) is 0 Å². The van der Waals surface area contributed by atoms with Crippen LogP contribution in [0.15, 0.2) is 42.5 Å². The molecule has 1 saturated heterocycles. The minimum atomic E-state index is -0.0844. The van der Waals surface area contributed by atoms with Gasteiger partial charge in [0.25, 0.3) is 0 Å². The number of carbonyl (C=O) groups excluding carboxylic acids is 1. The van der Waals surface area contributed by atoms with Crippen LogP contribution in [0.4, 0.5) is 16.2 Å². The minimum Gasteiger partial charge on any atom is -0.368 e. The monoisotopic (exact) mass is 362 g/mol. The maximum Gasteiger partial charge on any atom is 0.321 e. The van der Waals surface area contributed by atoms with E-state index in [1.54, 1.807) is 24.3 Å². The van der Waals surface area contributed by atoms with Crippen molar-refractivity contribution in [2.24, 2.45) is 0 Å². The van der Waals surface area contributed by atoms with Crippen molar-refractivity contribution in [2.75, 3.05) is 36.4 Å². The van der Waals surface area contributed by atoms with Crippen LogP contribution in [0.1, 0.15) is 30.5 Å². The van der Waals surface area contributed by atoms with E-state index in [-0.39, 0.29) is 6.03 Å². The van der Waals surface area contributed by atoms with Gasteiger partial charge in [-0.1, -0.05) is 32.0 Å². The zero-order valence-corrected chi connectivity index (χ0v) is 16.0. The molecule has 1 N–H and O–H groups in total. The lowest BCUT2D eigenvalue weighted by Gasteiger charge is -2.38. The highest BCUT2D eigenvalue weighted by Crippen LogP contribution is 2.28. The standard InChI is InChI=1S/C22H26N4O/c1-3-18-6-5-7-19(4-2)21(18)25-12-14-26(15-13-25)22(27)24-20-10-8-17(16-23)9-11-20/h5-11H,3-4,12-15H2,1-2H3,(H,24,27). The SMILES string of the molecule is CCc1cccc(CC)c1N1CCN(C(=O)Nc2ccc(C#N)cc2)CC1. The minimum absolute atomic E-state index is 0.0844. The number of aryl methyl sites for hydroxylation is 2. The Balaban J connectivity index is 1.63. The third-order valence-electron chi connectivity index (χ3n) is 5.11. The van der Waals surface area contributed by atoms with Crippen LogP contribution in [-0.4, -0.2) is 37.1 Å². The predicted octanol–water partition coefficient (Wildman–Crippen LogP) is 4.04. The highest BCUT2D eigenvalue weighted by atomic mass is 16.2. The first-order valence-corrected chi connectivity index (χ1v) is 9.58. The van der Waals surface area contributed by atoms with E-state index in [4.69, 9.17) is 5.26 Å². The highest BCUT2D eigenvalue weighted by Gasteiger charge is 2.23. The van der Waals surface area contributed by atoms with Gasteiger partial charge in [0.1, 0.15) is 0 Å². The summed E-state index contributed by atoms with van der Waals surface area (Å²) in [6.45, 7) is 7.46. The molecule has 0 aliphatic carbocycles. The van der Waals surface area contributed by atoms with E-state index in [2.05, 4.69) is 48.3 Å². The van der Waals surface area contributed by atoms with Gasteiger partial charge in [-0.2, -0.15) is 5.26 Å². The molecule has 0 unspecified atom stereocenters. The van der Waals surface area contributed by atoms with Crippen LogP contribution in [0.2, 0.25) is 0 Å². The molecular formula is C22H26N4O. The van der Waals surface area contributed by atoms with Gasteiger partial charge in [-0.25, -0.2) is 4.79 Å². The van der Waals surface area contributed by atoms with Crippen molar-refractivity contribution in [1.29, 1.82) is 5.26 Å². The maximum atomic E-state index is 12.5. The summed E-state index contributed by atoms with van der Waals surface area (Å²) in [5.74, 6) is 0. The smallest absolute Gasteiger partial charge is 0.321 e. The van der Waals surface area contributed by atoms with Crippen LogP contribution in [0.5, 0.6) is 0 Å². The van der Waals surface area contributed by atoms with Gasteiger partial charge in [0.2, 0.25) is 0 Å². The lowest BCUT2D eigenvalue weighted by Crippen LogP contribution is -2.50. The number of piperazine rings is 1. The Labute approximate surface area is 161 Å². The third kappa shape index (κ3) is 4.22.